The van der Waals surface area contributed by atoms with Crippen LogP contribution in [0, 0.1) is 6.92 Å². The summed E-state index contributed by atoms with van der Waals surface area (Å²) in [6.07, 6.45) is 2.16. The number of likely N-dealkylation sites (tertiary alicyclic amines) is 2. The number of hydrogen-bond donors (Lipinski definition) is 0. The summed E-state index contributed by atoms with van der Waals surface area (Å²) < 4.78 is 48.8. The molecule has 268 valence electrons. The molecule has 2 aromatic heterocycles. The summed E-state index contributed by atoms with van der Waals surface area (Å²) in [6, 6.07) is 10.3. The SMILES string of the molecule is C.CCC[C@H]1N(C(=O)c2cnccc2C(F)(F)F)CCC[C@@]1(Oc1csc(C)c1)C(=O)N1CCC(c2ccccc2CCC2=NN=NC2)CC1. The predicted octanol–water partition coefficient (Wildman–Crippen LogP) is 8.49. The van der Waals surface area contributed by atoms with Crippen LogP contribution in [0.4, 0.5) is 13.2 Å². The fourth-order valence-electron chi connectivity index (χ4n) is 7.52. The molecular formula is C37H45F3N6O3S. The van der Waals surface area contributed by atoms with Gasteiger partial charge in [0.2, 0.25) is 5.60 Å². The Hall–Kier alpha value is -4.13. The number of rotatable bonds is 10. The molecule has 0 spiro atoms. The third-order valence-corrected chi connectivity index (χ3v) is 10.7. The zero-order chi connectivity index (χ0) is 34.6. The number of carbonyl (C=O) groups excluding carboxylic acids is 2. The van der Waals surface area contributed by atoms with E-state index in [9.17, 15) is 22.8 Å². The van der Waals surface area contributed by atoms with Crippen molar-refractivity contribution in [2.75, 3.05) is 26.2 Å². The second kappa shape index (κ2) is 15.8. The van der Waals surface area contributed by atoms with Crippen LogP contribution in [0.3, 0.4) is 0 Å². The van der Waals surface area contributed by atoms with Crippen LogP contribution in [0.5, 0.6) is 5.75 Å². The highest BCUT2D eigenvalue weighted by Gasteiger charge is 2.56. The highest BCUT2D eigenvalue weighted by molar-refractivity contribution is 7.10. The van der Waals surface area contributed by atoms with Crippen molar-refractivity contribution in [3.05, 3.63) is 81.3 Å². The molecule has 5 heterocycles. The van der Waals surface area contributed by atoms with Gasteiger partial charge >= 0.3 is 6.18 Å². The maximum absolute atomic E-state index is 14.9. The number of amides is 2. The number of aromatic nitrogens is 1. The highest BCUT2D eigenvalue weighted by Crippen LogP contribution is 2.41. The molecule has 0 bridgehead atoms. The lowest BCUT2D eigenvalue weighted by atomic mass is 9.78. The molecular weight excluding hydrogens is 666 g/mol. The molecule has 50 heavy (non-hydrogen) atoms. The maximum Gasteiger partial charge on any atom is 0.417 e. The number of pyridine rings is 1. The minimum Gasteiger partial charge on any atom is -0.474 e. The molecule has 3 aromatic rings. The number of nitrogens with zero attached hydrogens (tertiary/aromatic N) is 6. The number of thiophene rings is 1. The Bertz CT molecular complexity index is 1720. The van der Waals surface area contributed by atoms with Gasteiger partial charge in [-0.1, -0.05) is 45.0 Å². The molecule has 2 saturated heterocycles. The lowest BCUT2D eigenvalue weighted by Crippen LogP contribution is -2.68. The molecule has 3 aliphatic heterocycles. The second-order valence-electron chi connectivity index (χ2n) is 13.0. The Kier molecular flexibility index (Phi) is 11.8. The zero-order valence-electron chi connectivity index (χ0n) is 27.8. The van der Waals surface area contributed by atoms with E-state index in [0.717, 1.165) is 54.7 Å². The van der Waals surface area contributed by atoms with Crippen LogP contribution < -0.4 is 4.74 Å². The van der Waals surface area contributed by atoms with Gasteiger partial charge < -0.3 is 14.5 Å². The molecule has 6 rings (SSSR count). The fourth-order valence-corrected chi connectivity index (χ4v) is 8.13. The monoisotopic (exact) mass is 710 g/mol. The summed E-state index contributed by atoms with van der Waals surface area (Å²) in [6.45, 7) is 5.66. The number of aryl methyl sites for hydroxylation is 2. The van der Waals surface area contributed by atoms with Gasteiger partial charge in [-0.25, -0.2) is 0 Å². The van der Waals surface area contributed by atoms with Gasteiger partial charge in [-0.15, -0.1) is 16.4 Å². The number of alkyl halides is 3. The van der Waals surface area contributed by atoms with E-state index in [0.29, 0.717) is 51.1 Å². The van der Waals surface area contributed by atoms with Crippen molar-refractivity contribution in [1.29, 1.82) is 0 Å². The molecule has 2 atom stereocenters. The Balaban J connectivity index is 0.00000486. The summed E-state index contributed by atoms with van der Waals surface area (Å²) in [5.74, 6) is -0.214. The summed E-state index contributed by atoms with van der Waals surface area (Å²) >= 11 is 1.49. The molecule has 0 unspecified atom stereocenters. The predicted molar refractivity (Wildman–Crippen MR) is 188 cm³/mol. The van der Waals surface area contributed by atoms with Gasteiger partial charge in [0.25, 0.3) is 11.8 Å². The van der Waals surface area contributed by atoms with Crippen molar-refractivity contribution >= 4 is 28.9 Å². The van der Waals surface area contributed by atoms with E-state index in [1.165, 1.54) is 27.4 Å². The van der Waals surface area contributed by atoms with Gasteiger partial charge in [0.1, 0.15) is 12.3 Å². The van der Waals surface area contributed by atoms with Gasteiger partial charge in [-0.3, -0.25) is 14.6 Å². The molecule has 2 amide bonds. The minimum absolute atomic E-state index is 0. The van der Waals surface area contributed by atoms with E-state index < -0.39 is 34.9 Å². The van der Waals surface area contributed by atoms with Crippen LogP contribution in [-0.4, -0.2) is 70.1 Å². The largest absolute Gasteiger partial charge is 0.474 e. The van der Waals surface area contributed by atoms with Crippen LogP contribution in [0.1, 0.15) is 97.1 Å². The van der Waals surface area contributed by atoms with Crippen molar-refractivity contribution in [2.45, 2.75) is 96.4 Å². The second-order valence-corrected chi connectivity index (χ2v) is 14.1. The van der Waals surface area contributed by atoms with Crippen molar-refractivity contribution in [1.82, 2.24) is 14.8 Å². The standard InChI is InChI=1S/C36H41F3N6O3S.CH4/c1-3-7-32-35(48-28-20-24(2)49-23-28,15-6-17-45(32)33(46)30-22-40-16-12-31(30)36(37,38)39)34(47)44-18-13-26(14-19-44)29-9-5-4-8-25(29)10-11-27-21-41-43-42-27;/h4-5,8-9,12,16,20,22-23,26,32H,3,6-7,10-11,13-15,17-19,21H2,1-2H3;1H4/t32-,35+;/m1./s1. The smallest absolute Gasteiger partial charge is 0.417 e. The van der Waals surface area contributed by atoms with E-state index in [1.807, 2.05) is 36.3 Å². The quantitative estimate of drug-likeness (QED) is 0.211. The number of carbonyl (C=O) groups is 2. The first-order chi connectivity index (χ1) is 23.6. The molecule has 0 radical (unpaired) electrons. The first-order valence-corrected chi connectivity index (χ1v) is 17.8. The van der Waals surface area contributed by atoms with E-state index in [2.05, 4.69) is 38.6 Å². The molecule has 3 aliphatic rings. The van der Waals surface area contributed by atoms with Crippen molar-refractivity contribution in [2.24, 2.45) is 15.4 Å². The summed E-state index contributed by atoms with van der Waals surface area (Å²) in [5, 5.41) is 13.7. The zero-order valence-corrected chi connectivity index (χ0v) is 28.6. The molecule has 13 heteroatoms. The Labute approximate surface area is 295 Å². The first kappa shape index (κ1) is 37.1. The molecule has 1 aromatic carbocycles. The summed E-state index contributed by atoms with van der Waals surface area (Å²) in [7, 11) is 0. The van der Waals surface area contributed by atoms with Crippen LogP contribution in [0.2, 0.25) is 0 Å². The van der Waals surface area contributed by atoms with Gasteiger partial charge in [-0.05, 0) is 79.8 Å². The maximum atomic E-state index is 14.9. The third kappa shape index (κ3) is 7.77. The average Bonchev–Trinajstić information content (AvgIpc) is 3.79. The van der Waals surface area contributed by atoms with E-state index in [-0.39, 0.29) is 25.8 Å². The fraction of sp³-hybridized carbons (Fsp3) is 0.514. The van der Waals surface area contributed by atoms with Gasteiger partial charge in [0.05, 0.1) is 22.9 Å². The van der Waals surface area contributed by atoms with Crippen molar-refractivity contribution < 1.29 is 27.5 Å². The normalized spacial score (nSPS) is 21.1. The first-order valence-electron chi connectivity index (χ1n) is 17.0. The lowest BCUT2D eigenvalue weighted by molar-refractivity contribution is -0.160. The van der Waals surface area contributed by atoms with Crippen molar-refractivity contribution in [3.63, 3.8) is 0 Å². The molecule has 0 N–H and O–H groups in total. The number of benzene rings is 1. The summed E-state index contributed by atoms with van der Waals surface area (Å²) in [5.41, 5.74) is 0.490. The topological polar surface area (TPSA) is 99.8 Å². The third-order valence-electron chi connectivity index (χ3n) is 9.87. The number of piperidine rings is 2. The molecule has 9 nitrogen and oxygen atoms in total. The van der Waals surface area contributed by atoms with E-state index in [1.54, 1.807) is 0 Å². The van der Waals surface area contributed by atoms with E-state index >= 15 is 0 Å². The van der Waals surface area contributed by atoms with Crippen molar-refractivity contribution in [3.8, 4) is 5.75 Å². The van der Waals surface area contributed by atoms with Gasteiger partial charge in [0.15, 0.2) is 0 Å². The van der Waals surface area contributed by atoms with Crippen LogP contribution in [-0.2, 0) is 17.4 Å². The number of hydrogen-bond acceptors (Lipinski definition) is 8. The van der Waals surface area contributed by atoms with Crippen LogP contribution in [0.15, 0.2) is 69.6 Å². The highest BCUT2D eigenvalue weighted by atomic mass is 32.1. The Morgan fingerprint density at radius 3 is 2.56 bits per heavy atom. The number of ether oxygens (including phenoxy) is 1. The van der Waals surface area contributed by atoms with E-state index in [4.69, 9.17) is 4.74 Å². The minimum atomic E-state index is -4.74. The number of halogens is 3. The van der Waals surface area contributed by atoms with Gasteiger partial charge in [-0.2, -0.15) is 18.3 Å². The average molecular weight is 711 g/mol. The molecule has 0 aliphatic carbocycles. The van der Waals surface area contributed by atoms with Crippen LogP contribution in [0.25, 0.3) is 0 Å². The Morgan fingerprint density at radius 1 is 1.10 bits per heavy atom. The summed E-state index contributed by atoms with van der Waals surface area (Å²) in [4.78, 5) is 37.1. The molecule has 2 fully saturated rings. The molecule has 0 saturated carbocycles. The lowest BCUT2D eigenvalue weighted by Gasteiger charge is -2.50. The van der Waals surface area contributed by atoms with Gasteiger partial charge in [0, 0.05) is 48.7 Å². The van der Waals surface area contributed by atoms with Crippen LogP contribution >= 0.6 is 11.3 Å². The Morgan fingerprint density at radius 2 is 1.88 bits per heavy atom.